The Bertz CT molecular complexity index is 812. The van der Waals surface area contributed by atoms with E-state index in [0.717, 1.165) is 20.8 Å². The number of aromatic nitrogens is 1. The predicted octanol–water partition coefficient (Wildman–Crippen LogP) is 3.81. The Morgan fingerprint density at radius 2 is 1.96 bits per heavy atom. The molecule has 0 saturated heterocycles. The topological polar surface area (TPSA) is 65.5 Å². The number of aliphatic hydroxyl groups is 1. The first-order valence-corrected chi connectivity index (χ1v) is 8.51. The largest absolute Gasteiger partial charge is 0.394 e. The van der Waals surface area contributed by atoms with Crippen molar-refractivity contribution in [1.29, 1.82) is 0 Å². The van der Waals surface area contributed by atoms with Crippen LogP contribution in [0.3, 0.4) is 0 Å². The van der Waals surface area contributed by atoms with E-state index in [1.165, 1.54) is 4.90 Å². The van der Waals surface area contributed by atoms with Gasteiger partial charge in [0.2, 0.25) is 0 Å². The number of benzene rings is 2. The van der Waals surface area contributed by atoms with Gasteiger partial charge in [0.1, 0.15) is 5.01 Å². The van der Waals surface area contributed by atoms with Gasteiger partial charge in [-0.25, -0.2) is 9.78 Å². The fourth-order valence-electron chi connectivity index (χ4n) is 2.23. The summed E-state index contributed by atoms with van der Waals surface area (Å²) in [6.07, 6.45) is 0. The van der Waals surface area contributed by atoms with Crippen LogP contribution in [0.15, 0.2) is 48.5 Å². The highest BCUT2D eigenvalue weighted by molar-refractivity contribution is 7.21. The lowest BCUT2D eigenvalue weighted by Gasteiger charge is -2.23. The number of fused-ring (bicyclic) bond motifs is 1. The normalized spacial score (nSPS) is 12.1. The van der Waals surface area contributed by atoms with Crippen molar-refractivity contribution in [3.05, 3.63) is 48.5 Å². The number of urea groups is 1. The molecular weight excluding hydrogens is 322 g/mol. The van der Waals surface area contributed by atoms with Gasteiger partial charge >= 0.3 is 6.03 Å². The van der Waals surface area contributed by atoms with Crippen molar-refractivity contribution in [2.24, 2.45) is 0 Å². The van der Waals surface area contributed by atoms with Gasteiger partial charge in [0.25, 0.3) is 0 Å². The molecule has 24 heavy (non-hydrogen) atoms. The average molecular weight is 341 g/mol. The summed E-state index contributed by atoms with van der Waals surface area (Å²) < 4.78 is 1.16. The van der Waals surface area contributed by atoms with Crippen LogP contribution in [-0.4, -0.2) is 40.7 Å². The first-order valence-electron chi connectivity index (χ1n) is 7.69. The highest BCUT2D eigenvalue weighted by Gasteiger charge is 2.14. The molecule has 1 aromatic heterocycles. The van der Waals surface area contributed by atoms with E-state index >= 15 is 0 Å². The summed E-state index contributed by atoms with van der Waals surface area (Å²) in [5, 5.41) is 12.9. The van der Waals surface area contributed by atoms with E-state index in [-0.39, 0.29) is 18.7 Å². The Kier molecular flexibility index (Phi) is 4.78. The van der Waals surface area contributed by atoms with E-state index in [2.05, 4.69) is 16.4 Å². The van der Waals surface area contributed by atoms with Crippen LogP contribution in [0.4, 0.5) is 10.5 Å². The van der Waals surface area contributed by atoms with Gasteiger partial charge in [-0.2, -0.15) is 0 Å². The third-order valence-electron chi connectivity index (χ3n) is 3.92. The van der Waals surface area contributed by atoms with Gasteiger partial charge < -0.3 is 15.3 Å². The maximum atomic E-state index is 12.1. The number of likely N-dealkylation sites (N-methyl/N-ethyl adjacent to an activating group) is 1. The maximum absolute atomic E-state index is 12.1. The van der Waals surface area contributed by atoms with Crippen molar-refractivity contribution in [2.45, 2.75) is 13.0 Å². The number of anilines is 1. The summed E-state index contributed by atoms with van der Waals surface area (Å²) in [6, 6.07) is 15.2. The summed E-state index contributed by atoms with van der Waals surface area (Å²) in [5.41, 5.74) is 2.72. The van der Waals surface area contributed by atoms with Crippen LogP contribution in [0.25, 0.3) is 20.8 Å². The second-order valence-corrected chi connectivity index (χ2v) is 6.67. The van der Waals surface area contributed by atoms with Crippen LogP contribution in [-0.2, 0) is 0 Å². The lowest BCUT2D eigenvalue weighted by Crippen LogP contribution is -2.40. The van der Waals surface area contributed by atoms with Gasteiger partial charge in [0, 0.05) is 18.3 Å². The van der Waals surface area contributed by atoms with Crippen molar-refractivity contribution in [1.82, 2.24) is 9.88 Å². The van der Waals surface area contributed by atoms with E-state index in [1.54, 1.807) is 25.3 Å². The number of nitrogens with one attached hydrogen (secondary N) is 1. The maximum Gasteiger partial charge on any atom is 0.321 e. The quantitative estimate of drug-likeness (QED) is 0.758. The average Bonchev–Trinajstić information content (AvgIpc) is 3.05. The molecule has 5 nitrogen and oxygen atoms in total. The molecule has 6 heteroatoms. The number of nitrogens with zero attached hydrogens (tertiary/aromatic N) is 2. The monoisotopic (exact) mass is 341 g/mol. The second kappa shape index (κ2) is 6.98. The zero-order valence-corrected chi connectivity index (χ0v) is 14.4. The number of hydrogen-bond donors (Lipinski definition) is 2. The molecule has 124 valence electrons. The molecule has 2 N–H and O–H groups in total. The van der Waals surface area contributed by atoms with Crippen LogP contribution >= 0.6 is 11.3 Å². The SMILES string of the molecule is CC(CO)N(C)C(=O)Nc1ccc(-c2nc3ccccc3s2)cc1. The molecule has 0 fully saturated rings. The zero-order chi connectivity index (χ0) is 17.1. The van der Waals surface area contributed by atoms with Gasteiger partial charge in [0.05, 0.1) is 22.9 Å². The molecule has 3 rings (SSSR count). The van der Waals surface area contributed by atoms with Crippen molar-refractivity contribution in [3.63, 3.8) is 0 Å². The Balaban J connectivity index is 1.74. The smallest absolute Gasteiger partial charge is 0.321 e. The molecule has 0 radical (unpaired) electrons. The van der Waals surface area contributed by atoms with Gasteiger partial charge in [0.15, 0.2) is 0 Å². The van der Waals surface area contributed by atoms with Gasteiger partial charge in [-0.15, -0.1) is 11.3 Å². The third-order valence-corrected chi connectivity index (χ3v) is 5.01. The Morgan fingerprint density at radius 3 is 2.62 bits per heavy atom. The molecule has 2 aromatic carbocycles. The molecule has 1 atom stereocenters. The number of para-hydroxylation sites is 1. The van der Waals surface area contributed by atoms with E-state index in [0.29, 0.717) is 5.69 Å². The first kappa shape index (κ1) is 16.4. The van der Waals surface area contributed by atoms with Gasteiger partial charge in [-0.3, -0.25) is 0 Å². The summed E-state index contributed by atoms with van der Waals surface area (Å²) in [5.74, 6) is 0. The molecule has 1 unspecified atom stereocenters. The van der Waals surface area contributed by atoms with Gasteiger partial charge in [-0.05, 0) is 43.3 Å². The Morgan fingerprint density at radius 1 is 1.25 bits per heavy atom. The minimum absolute atomic E-state index is 0.0690. The molecule has 3 aromatic rings. The number of thiazole rings is 1. The van der Waals surface area contributed by atoms with Crippen molar-refractivity contribution >= 4 is 33.3 Å². The third kappa shape index (κ3) is 3.39. The highest BCUT2D eigenvalue weighted by Crippen LogP contribution is 2.30. The van der Waals surface area contributed by atoms with Crippen LogP contribution in [0.5, 0.6) is 0 Å². The minimum atomic E-state index is -0.246. The van der Waals surface area contributed by atoms with Crippen molar-refractivity contribution in [2.75, 3.05) is 19.0 Å². The Labute approximate surface area is 144 Å². The first-order chi connectivity index (χ1) is 11.6. The molecule has 0 aliphatic carbocycles. The molecule has 2 amide bonds. The number of rotatable bonds is 4. The van der Waals surface area contributed by atoms with Crippen LogP contribution in [0, 0.1) is 0 Å². The standard InChI is InChI=1S/C18H19N3O2S/c1-12(11-22)21(2)18(23)19-14-9-7-13(8-10-14)17-20-15-5-3-4-6-16(15)24-17/h3-10,12,22H,11H2,1-2H3,(H,19,23). The van der Waals surface area contributed by atoms with Crippen molar-refractivity contribution < 1.29 is 9.90 Å². The number of hydrogen-bond acceptors (Lipinski definition) is 4. The molecule has 0 bridgehead atoms. The number of carbonyl (C=O) groups excluding carboxylic acids is 1. The van der Waals surface area contributed by atoms with Crippen LogP contribution in [0.2, 0.25) is 0 Å². The summed E-state index contributed by atoms with van der Waals surface area (Å²) in [6.45, 7) is 1.72. The lowest BCUT2D eigenvalue weighted by molar-refractivity contribution is 0.166. The fourth-order valence-corrected chi connectivity index (χ4v) is 3.20. The van der Waals surface area contributed by atoms with Crippen molar-refractivity contribution in [3.8, 4) is 10.6 Å². The van der Waals surface area contributed by atoms with E-state index < -0.39 is 0 Å². The molecule has 0 saturated carbocycles. The second-order valence-electron chi connectivity index (χ2n) is 5.64. The van der Waals surface area contributed by atoms with E-state index in [1.807, 2.05) is 42.5 Å². The van der Waals surface area contributed by atoms with E-state index in [4.69, 9.17) is 5.11 Å². The van der Waals surface area contributed by atoms with Crippen LogP contribution in [0.1, 0.15) is 6.92 Å². The van der Waals surface area contributed by atoms with E-state index in [9.17, 15) is 4.79 Å². The summed E-state index contributed by atoms with van der Waals surface area (Å²) in [7, 11) is 1.66. The zero-order valence-electron chi connectivity index (χ0n) is 13.6. The minimum Gasteiger partial charge on any atom is -0.394 e. The molecule has 0 spiro atoms. The summed E-state index contributed by atoms with van der Waals surface area (Å²) in [4.78, 5) is 18.2. The van der Waals surface area contributed by atoms with Crippen LogP contribution < -0.4 is 5.32 Å². The molecule has 1 heterocycles. The summed E-state index contributed by atoms with van der Waals surface area (Å²) >= 11 is 1.65. The highest BCUT2D eigenvalue weighted by atomic mass is 32.1. The van der Waals surface area contributed by atoms with Gasteiger partial charge in [-0.1, -0.05) is 12.1 Å². The molecular formula is C18H19N3O2S. The molecule has 0 aliphatic rings. The lowest BCUT2D eigenvalue weighted by atomic mass is 10.2. The predicted molar refractivity (Wildman–Crippen MR) is 98.4 cm³/mol. The number of carbonyl (C=O) groups is 1. The fraction of sp³-hybridized carbons (Fsp3) is 0.222. The number of amides is 2. The Hall–Kier alpha value is -2.44. The number of aliphatic hydroxyl groups excluding tert-OH is 1. The molecule has 0 aliphatic heterocycles.